The minimum Gasteiger partial charge on any atom is -0.387 e. The average molecular weight is 225 g/mol. The molecule has 15 heavy (non-hydrogen) atoms. The standard InChI is InChI=1S/C11H13ClN2O/c1-3-9(15)11-7(2)13-10-6-8(12)4-5-14(10)11/h4-6,9,15H,3H2,1-2H3. The van der Waals surface area contributed by atoms with E-state index in [1.807, 2.05) is 24.4 Å². The Morgan fingerprint density at radius 3 is 3.00 bits per heavy atom. The van der Waals surface area contributed by atoms with Crippen LogP contribution in [0.1, 0.15) is 30.8 Å². The molecular weight excluding hydrogens is 212 g/mol. The molecule has 0 saturated heterocycles. The van der Waals surface area contributed by atoms with Gasteiger partial charge in [0.25, 0.3) is 0 Å². The number of aliphatic hydroxyl groups is 1. The van der Waals surface area contributed by atoms with Gasteiger partial charge in [0.2, 0.25) is 0 Å². The number of imidazole rings is 1. The Bertz CT molecular complexity index is 493. The number of aromatic nitrogens is 2. The van der Waals surface area contributed by atoms with Crippen LogP contribution in [0.15, 0.2) is 18.3 Å². The predicted octanol–water partition coefficient (Wildman–Crippen LogP) is 2.74. The molecule has 4 heteroatoms. The third-order valence-electron chi connectivity index (χ3n) is 2.51. The van der Waals surface area contributed by atoms with Crippen LogP contribution < -0.4 is 0 Å². The zero-order chi connectivity index (χ0) is 11.0. The van der Waals surface area contributed by atoms with Crippen LogP contribution in [0.2, 0.25) is 5.02 Å². The second-order valence-electron chi connectivity index (χ2n) is 3.58. The average Bonchev–Trinajstić information content (AvgIpc) is 2.52. The van der Waals surface area contributed by atoms with Crippen molar-refractivity contribution in [2.24, 2.45) is 0 Å². The normalized spacial score (nSPS) is 13.3. The van der Waals surface area contributed by atoms with Crippen molar-refractivity contribution >= 4 is 17.2 Å². The molecule has 3 nitrogen and oxygen atoms in total. The van der Waals surface area contributed by atoms with Crippen molar-refractivity contribution in [1.29, 1.82) is 0 Å². The fourth-order valence-electron chi connectivity index (χ4n) is 1.75. The number of rotatable bonds is 2. The van der Waals surface area contributed by atoms with Gasteiger partial charge in [0.1, 0.15) is 5.65 Å². The highest BCUT2D eigenvalue weighted by atomic mass is 35.5. The molecule has 1 unspecified atom stereocenters. The minimum absolute atomic E-state index is 0.471. The van der Waals surface area contributed by atoms with Gasteiger partial charge >= 0.3 is 0 Å². The molecule has 0 fully saturated rings. The summed E-state index contributed by atoms with van der Waals surface area (Å²) in [5.74, 6) is 0. The Kier molecular flexibility index (Phi) is 2.67. The van der Waals surface area contributed by atoms with Gasteiger partial charge in [-0.3, -0.25) is 0 Å². The quantitative estimate of drug-likeness (QED) is 0.852. The molecule has 0 saturated carbocycles. The van der Waals surface area contributed by atoms with Crippen LogP contribution in [-0.4, -0.2) is 14.5 Å². The summed E-state index contributed by atoms with van der Waals surface area (Å²) in [5.41, 5.74) is 2.48. The highest BCUT2D eigenvalue weighted by Crippen LogP contribution is 2.23. The summed E-state index contributed by atoms with van der Waals surface area (Å²) >= 11 is 5.88. The fraction of sp³-hybridized carbons (Fsp3) is 0.364. The van der Waals surface area contributed by atoms with Gasteiger partial charge in [-0.05, 0) is 19.4 Å². The third kappa shape index (κ3) is 1.73. The number of hydrogen-bond donors (Lipinski definition) is 1. The van der Waals surface area contributed by atoms with Gasteiger partial charge < -0.3 is 9.51 Å². The number of pyridine rings is 1. The molecule has 2 aromatic heterocycles. The van der Waals surface area contributed by atoms with Gasteiger partial charge in [-0.25, -0.2) is 4.98 Å². The molecule has 2 heterocycles. The van der Waals surface area contributed by atoms with E-state index in [0.29, 0.717) is 11.4 Å². The molecule has 0 spiro atoms. The van der Waals surface area contributed by atoms with E-state index in [1.165, 1.54) is 0 Å². The highest BCUT2D eigenvalue weighted by Gasteiger charge is 2.15. The first kappa shape index (κ1) is 10.5. The maximum absolute atomic E-state index is 9.87. The summed E-state index contributed by atoms with van der Waals surface area (Å²) in [6.45, 7) is 3.84. The van der Waals surface area contributed by atoms with Gasteiger partial charge in [0.05, 0.1) is 17.5 Å². The van der Waals surface area contributed by atoms with Gasteiger partial charge in [-0.1, -0.05) is 18.5 Å². The van der Waals surface area contributed by atoms with E-state index >= 15 is 0 Å². The first-order chi connectivity index (χ1) is 7.13. The molecule has 0 aliphatic heterocycles. The smallest absolute Gasteiger partial charge is 0.138 e. The van der Waals surface area contributed by atoms with Crippen LogP contribution in [-0.2, 0) is 0 Å². The van der Waals surface area contributed by atoms with Gasteiger partial charge in [-0.2, -0.15) is 0 Å². The van der Waals surface area contributed by atoms with E-state index in [2.05, 4.69) is 4.98 Å². The predicted molar refractivity (Wildman–Crippen MR) is 60.2 cm³/mol. The molecule has 2 rings (SSSR count). The molecule has 1 N–H and O–H groups in total. The van der Waals surface area contributed by atoms with Crippen LogP contribution in [0.4, 0.5) is 0 Å². The van der Waals surface area contributed by atoms with E-state index in [9.17, 15) is 5.11 Å². The van der Waals surface area contributed by atoms with Gasteiger partial charge in [-0.15, -0.1) is 0 Å². The monoisotopic (exact) mass is 224 g/mol. The van der Waals surface area contributed by atoms with Crippen molar-refractivity contribution in [3.8, 4) is 0 Å². The Hall–Kier alpha value is -1.06. The lowest BCUT2D eigenvalue weighted by Gasteiger charge is -2.08. The SMILES string of the molecule is CCC(O)c1c(C)nc2cc(Cl)ccn12. The summed E-state index contributed by atoms with van der Waals surface area (Å²) in [4.78, 5) is 4.36. The zero-order valence-corrected chi connectivity index (χ0v) is 9.49. The molecule has 0 amide bonds. The van der Waals surface area contributed by atoms with Crippen molar-refractivity contribution in [2.45, 2.75) is 26.4 Å². The van der Waals surface area contributed by atoms with E-state index in [-0.39, 0.29) is 0 Å². The fourth-order valence-corrected chi connectivity index (χ4v) is 1.91. The largest absolute Gasteiger partial charge is 0.387 e. The number of halogens is 1. The maximum atomic E-state index is 9.87. The van der Waals surface area contributed by atoms with Crippen molar-refractivity contribution in [3.63, 3.8) is 0 Å². The van der Waals surface area contributed by atoms with Crippen molar-refractivity contribution < 1.29 is 5.11 Å². The number of aliphatic hydroxyl groups excluding tert-OH is 1. The van der Waals surface area contributed by atoms with E-state index in [4.69, 9.17) is 11.6 Å². The van der Waals surface area contributed by atoms with E-state index in [0.717, 1.165) is 17.0 Å². The van der Waals surface area contributed by atoms with Crippen LogP contribution in [0.3, 0.4) is 0 Å². The van der Waals surface area contributed by atoms with Crippen molar-refractivity contribution in [3.05, 3.63) is 34.7 Å². The Balaban J connectivity index is 2.68. The lowest BCUT2D eigenvalue weighted by Crippen LogP contribution is -2.01. The van der Waals surface area contributed by atoms with Gasteiger partial charge in [0, 0.05) is 17.3 Å². The van der Waals surface area contributed by atoms with Crippen molar-refractivity contribution in [1.82, 2.24) is 9.38 Å². The summed E-state index contributed by atoms with van der Waals surface area (Å²) in [6.07, 6.45) is 2.05. The van der Waals surface area contributed by atoms with Crippen molar-refractivity contribution in [2.75, 3.05) is 0 Å². The van der Waals surface area contributed by atoms with E-state index < -0.39 is 6.10 Å². The van der Waals surface area contributed by atoms with Crippen LogP contribution in [0.5, 0.6) is 0 Å². The van der Waals surface area contributed by atoms with E-state index in [1.54, 1.807) is 12.1 Å². The maximum Gasteiger partial charge on any atom is 0.138 e. The summed E-state index contributed by atoms with van der Waals surface area (Å²) < 4.78 is 1.88. The number of hydrogen-bond acceptors (Lipinski definition) is 2. The van der Waals surface area contributed by atoms with Crippen LogP contribution in [0.25, 0.3) is 5.65 Å². The second-order valence-corrected chi connectivity index (χ2v) is 4.02. The molecule has 2 aromatic rings. The minimum atomic E-state index is -0.471. The molecule has 80 valence electrons. The lowest BCUT2D eigenvalue weighted by atomic mass is 10.2. The first-order valence-electron chi connectivity index (χ1n) is 4.95. The molecule has 1 atom stereocenters. The topological polar surface area (TPSA) is 37.5 Å². The number of fused-ring (bicyclic) bond motifs is 1. The zero-order valence-electron chi connectivity index (χ0n) is 8.74. The molecule has 0 radical (unpaired) electrons. The molecule has 0 aromatic carbocycles. The van der Waals surface area contributed by atoms with Crippen LogP contribution >= 0.6 is 11.6 Å². The lowest BCUT2D eigenvalue weighted by molar-refractivity contribution is 0.167. The number of aryl methyl sites for hydroxylation is 1. The summed E-state index contributed by atoms with van der Waals surface area (Å²) in [6, 6.07) is 3.59. The highest BCUT2D eigenvalue weighted by molar-refractivity contribution is 6.30. The summed E-state index contributed by atoms with van der Waals surface area (Å²) in [7, 11) is 0. The third-order valence-corrected chi connectivity index (χ3v) is 2.75. The second kappa shape index (κ2) is 3.83. The number of nitrogens with zero attached hydrogens (tertiary/aromatic N) is 2. The Labute approximate surface area is 93.3 Å². The molecule has 0 aliphatic carbocycles. The Morgan fingerprint density at radius 2 is 2.33 bits per heavy atom. The first-order valence-corrected chi connectivity index (χ1v) is 5.33. The van der Waals surface area contributed by atoms with Gasteiger partial charge in [0.15, 0.2) is 0 Å². The Morgan fingerprint density at radius 1 is 1.60 bits per heavy atom. The molecular formula is C11H13ClN2O. The molecule has 0 aliphatic rings. The molecule has 0 bridgehead atoms. The van der Waals surface area contributed by atoms with Crippen LogP contribution in [0, 0.1) is 6.92 Å². The summed E-state index contributed by atoms with van der Waals surface area (Å²) in [5, 5.41) is 10.5.